The van der Waals surface area contributed by atoms with Gasteiger partial charge in [-0.1, -0.05) is 35.5 Å². The van der Waals surface area contributed by atoms with Crippen molar-refractivity contribution in [2.24, 2.45) is 0 Å². The molecule has 1 atom stereocenters. The zero-order valence-electron chi connectivity index (χ0n) is 10.8. The van der Waals surface area contributed by atoms with E-state index < -0.39 is 0 Å². The van der Waals surface area contributed by atoms with Crippen LogP contribution in [0.5, 0.6) is 0 Å². The van der Waals surface area contributed by atoms with E-state index >= 15 is 0 Å². The van der Waals surface area contributed by atoms with E-state index in [0.29, 0.717) is 24.7 Å². The molecule has 5 nitrogen and oxygen atoms in total. The van der Waals surface area contributed by atoms with Gasteiger partial charge in [-0.25, -0.2) is 0 Å². The summed E-state index contributed by atoms with van der Waals surface area (Å²) in [4.78, 5) is 4.12. The summed E-state index contributed by atoms with van der Waals surface area (Å²) >= 11 is 0. The predicted octanol–water partition coefficient (Wildman–Crippen LogP) is 1.82. The minimum Gasteiger partial charge on any atom is -0.340 e. The molecule has 0 bridgehead atoms. The second kappa shape index (κ2) is 6.66. The molecule has 1 N–H and O–H groups in total. The maximum absolute atomic E-state index is 9.17. The number of benzene rings is 1. The molecule has 2 rings (SSSR count). The van der Waals surface area contributed by atoms with Gasteiger partial charge in [0.2, 0.25) is 5.89 Å². The predicted molar refractivity (Wildman–Crippen MR) is 70.4 cm³/mol. The number of aromatic nitrogens is 2. The Hall–Kier alpha value is -2.19. The molecule has 98 valence electrons. The van der Waals surface area contributed by atoms with Gasteiger partial charge in [-0.3, -0.25) is 0 Å². The lowest BCUT2D eigenvalue weighted by Gasteiger charge is -2.09. The third-order valence-electron chi connectivity index (χ3n) is 2.80. The molecule has 0 spiro atoms. The van der Waals surface area contributed by atoms with Crippen molar-refractivity contribution in [1.29, 1.82) is 5.26 Å². The molecule has 1 unspecified atom stereocenters. The van der Waals surface area contributed by atoms with E-state index in [-0.39, 0.29) is 5.92 Å². The summed E-state index contributed by atoms with van der Waals surface area (Å²) in [5.41, 5.74) is 1.04. The van der Waals surface area contributed by atoms with Crippen LogP contribution >= 0.6 is 0 Å². The van der Waals surface area contributed by atoms with E-state index in [1.54, 1.807) is 6.92 Å². The number of hydrogen-bond donors (Lipinski definition) is 1. The van der Waals surface area contributed by atoms with E-state index in [9.17, 15) is 0 Å². The fraction of sp³-hybridized carbons (Fsp3) is 0.357. The number of nitriles is 1. The molecule has 0 aliphatic carbocycles. The van der Waals surface area contributed by atoms with Crippen LogP contribution in [-0.2, 0) is 6.42 Å². The van der Waals surface area contributed by atoms with Crippen molar-refractivity contribution in [2.45, 2.75) is 19.3 Å². The fourth-order valence-electron chi connectivity index (χ4n) is 1.81. The van der Waals surface area contributed by atoms with Crippen LogP contribution < -0.4 is 5.32 Å². The van der Waals surface area contributed by atoms with E-state index in [1.807, 2.05) is 30.3 Å². The Labute approximate surface area is 112 Å². The Bertz CT molecular complexity index is 544. The van der Waals surface area contributed by atoms with Crippen molar-refractivity contribution in [3.05, 3.63) is 47.6 Å². The second-order valence-corrected chi connectivity index (χ2v) is 4.28. The Morgan fingerprint density at radius 2 is 2.16 bits per heavy atom. The maximum atomic E-state index is 9.17. The first kappa shape index (κ1) is 13.2. The van der Waals surface area contributed by atoms with E-state index in [1.165, 1.54) is 0 Å². The van der Waals surface area contributed by atoms with Gasteiger partial charge in [-0.2, -0.15) is 10.2 Å². The summed E-state index contributed by atoms with van der Waals surface area (Å²) < 4.78 is 4.89. The highest BCUT2D eigenvalue weighted by Gasteiger charge is 2.09. The number of rotatable bonds is 6. The molecule has 1 heterocycles. The van der Waals surface area contributed by atoms with Gasteiger partial charge >= 0.3 is 0 Å². The summed E-state index contributed by atoms with van der Waals surface area (Å²) in [7, 11) is 0. The molecule has 0 amide bonds. The van der Waals surface area contributed by atoms with Crippen LogP contribution in [0, 0.1) is 18.3 Å². The van der Waals surface area contributed by atoms with Crippen LogP contribution in [0.25, 0.3) is 0 Å². The van der Waals surface area contributed by atoms with Crippen molar-refractivity contribution >= 4 is 0 Å². The van der Waals surface area contributed by atoms with Crippen molar-refractivity contribution in [3.8, 4) is 6.07 Å². The molecule has 0 aliphatic rings. The van der Waals surface area contributed by atoms with Gasteiger partial charge in [0, 0.05) is 26.4 Å². The fourth-order valence-corrected chi connectivity index (χ4v) is 1.81. The highest BCUT2D eigenvalue weighted by molar-refractivity contribution is 5.24. The average molecular weight is 256 g/mol. The van der Waals surface area contributed by atoms with Gasteiger partial charge < -0.3 is 9.84 Å². The van der Waals surface area contributed by atoms with Crippen LogP contribution in [0.15, 0.2) is 34.9 Å². The lowest BCUT2D eigenvalue weighted by molar-refractivity contribution is 0.387. The molecule has 1 aromatic carbocycles. The monoisotopic (exact) mass is 256 g/mol. The van der Waals surface area contributed by atoms with Crippen LogP contribution in [0.3, 0.4) is 0 Å². The van der Waals surface area contributed by atoms with Gasteiger partial charge in [-0.15, -0.1) is 0 Å². The summed E-state index contributed by atoms with van der Waals surface area (Å²) in [6.07, 6.45) is 0.699. The molecule has 19 heavy (non-hydrogen) atoms. The molecular weight excluding hydrogens is 240 g/mol. The minimum absolute atomic E-state index is 0.131. The van der Waals surface area contributed by atoms with Crippen molar-refractivity contribution in [3.63, 3.8) is 0 Å². The first-order valence-electron chi connectivity index (χ1n) is 6.24. The SMILES string of the molecule is Cc1nc(CCNCC(C#N)c2ccccc2)no1. The smallest absolute Gasteiger partial charge is 0.223 e. The van der Waals surface area contributed by atoms with Crippen molar-refractivity contribution in [1.82, 2.24) is 15.5 Å². The second-order valence-electron chi connectivity index (χ2n) is 4.28. The lowest BCUT2D eigenvalue weighted by Crippen LogP contribution is -2.23. The quantitative estimate of drug-likeness (QED) is 0.798. The van der Waals surface area contributed by atoms with Gasteiger partial charge in [0.05, 0.1) is 12.0 Å². The van der Waals surface area contributed by atoms with Crippen LogP contribution in [-0.4, -0.2) is 23.2 Å². The van der Waals surface area contributed by atoms with Gasteiger partial charge in [0.25, 0.3) is 0 Å². The van der Waals surface area contributed by atoms with Crippen molar-refractivity contribution in [2.75, 3.05) is 13.1 Å². The molecule has 0 radical (unpaired) electrons. The summed E-state index contributed by atoms with van der Waals surface area (Å²) in [6.45, 7) is 3.12. The molecule has 0 aliphatic heterocycles. The molecule has 5 heteroatoms. The van der Waals surface area contributed by atoms with Gasteiger partial charge in [0.15, 0.2) is 5.82 Å². The highest BCUT2D eigenvalue weighted by Crippen LogP contribution is 2.12. The molecule has 0 fully saturated rings. The van der Waals surface area contributed by atoms with Gasteiger partial charge in [0.1, 0.15) is 0 Å². The third kappa shape index (κ3) is 3.90. The van der Waals surface area contributed by atoms with Crippen LogP contribution in [0.2, 0.25) is 0 Å². The Morgan fingerprint density at radius 3 is 2.79 bits per heavy atom. The van der Waals surface area contributed by atoms with Crippen LogP contribution in [0.1, 0.15) is 23.2 Å². The topological polar surface area (TPSA) is 74.7 Å². The summed E-state index contributed by atoms with van der Waals surface area (Å²) in [6, 6.07) is 12.1. The Morgan fingerprint density at radius 1 is 1.37 bits per heavy atom. The zero-order valence-corrected chi connectivity index (χ0v) is 10.8. The molecular formula is C14H16N4O. The standard InChI is InChI=1S/C14H16N4O/c1-11-17-14(18-19-11)7-8-16-10-13(9-15)12-5-3-2-4-6-12/h2-6,13,16H,7-8,10H2,1H3. The van der Waals surface area contributed by atoms with E-state index in [4.69, 9.17) is 9.78 Å². The Balaban J connectivity index is 1.77. The van der Waals surface area contributed by atoms with E-state index in [0.717, 1.165) is 12.1 Å². The maximum Gasteiger partial charge on any atom is 0.223 e. The molecule has 0 saturated heterocycles. The first-order valence-corrected chi connectivity index (χ1v) is 6.24. The Kier molecular flexibility index (Phi) is 4.65. The average Bonchev–Trinajstić information content (AvgIpc) is 2.86. The zero-order chi connectivity index (χ0) is 13.5. The number of nitrogens with zero attached hydrogens (tertiary/aromatic N) is 3. The largest absolute Gasteiger partial charge is 0.340 e. The van der Waals surface area contributed by atoms with Crippen LogP contribution in [0.4, 0.5) is 0 Å². The molecule has 1 aromatic heterocycles. The van der Waals surface area contributed by atoms with Gasteiger partial charge in [-0.05, 0) is 5.56 Å². The lowest BCUT2D eigenvalue weighted by atomic mass is 10.0. The molecule has 2 aromatic rings. The summed E-state index contributed by atoms with van der Waals surface area (Å²) in [5.74, 6) is 1.14. The van der Waals surface area contributed by atoms with Crippen molar-refractivity contribution < 1.29 is 4.52 Å². The molecule has 0 saturated carbocycles. The summed E-state index contributed by atoms with van der Waals surface area (Å²) in [5, 5.41) is 16.2. The number of hydrogen-bond acceptors (Lipinski definition) is 5. The number of aryl methyl sites for hydroxylation is 1. The normalized spacial score (nSPS) is 12.0. The highest BCUT2D eigenvalue weighted by atomic mass is 16.5. The minimum atomic E-state index is -0.131. The number of nitrogens with one attached hydrogen (secondary N) is 1. The third-order valence-corrected chi connectivity index (χ3v) is 2.80. The first-order chi connectivity index (χ1) is 9.29. The van der Waals surface area contributed by atoms with E-state index in [2.05, 4.69) is 21.5 Å².